The molecule has 0 radical (unpaired) electrons. The minimum atomic E-state index is -0.359. The molecule has 2 saturated heterocycles. The Balaban J connectivity index is 1.34. The van der Waals surface area contributed by atoms with E-state index in [-0.39, 0.29) is 11.9 Å². The molecule has 10 nitrogen and oxygen atoms in total. The van der Waals surface area contributed by atoms with Gasteiger partial charge in [-0.25, -0.2) is 0 Å². The zero-order valence-corrected chi connectivity index (χ0v) is 21.2. The Morgan fingerprint density at radius 2 is 1.65 bits per heavy atom. The minimum absolute atomic E-state index is 0.0105. The fourth-order valence-corrected chi connectivity index (χ4v) is 4.70. The number of methoxy groups -OCH3 is 1. The molecule has 2 aliphatic rings. The molecule has 2 aromatic carbocycles. The van der Waals surface area contributed by atoms with Gasteiger partial charge in [0.25, 0.3) is 0 Å². The van der Waals surface area contributed by atoms with Crippen LogP contribution in [-0.2, 0) is 11.3 Å². The summed E-state index contributed by atoms with van der Waals surface area (Å²) in [6.45, 7) is 4.43. The molecule has 1 unspecified atom stereocenters. The van der Waals surface area contributed by atoms with E-state index in [1.165, 1.54) is 0 Å². The molecule has 0 bridgehead atoms. The number of nitrogens with one attached hydrogen (secondary N) is 3. The van der Waals surface area contributed by atoms with Gasteiger partial charge in [-0.15, -0.1) is 0 Å². The van der Waals surface area contributed by atoms with Crippen molar-refractivity contribution in [2.75, 3.05) is 60.3 Å². The number of para-hydroxylation sites is 2. The monoisotopic (exact) mass is 502 g/mol. The number of nitrogens with zero attached hydrogens (tertiary/aromatic N) is 5. The van der Waals surface area contributed by atoms with Crippen molar-refractivity contribution in [2.45, 2.75) is 31.8 Å². The molecule has 194 valence electrons. The van der Waals surface area contributed by atoms with Crippen LogP contribution in [0.4, 0.5) is 23.5 Å². The number of hydrogen-bond acceptors (Lipinski definition) is 9. The van der Waals surface area contributed by atoms with Crippen molar-refractivity contribution in [1.82, 2.24) is 20.3 Å². The molecule has 10 heteroatoms. The zero-order valence-electron chi connectivity index (χ0n) is 21.2. The number of carbonyl (C=O) groups excluding carboxylic acids is 1. The van der Waals surface area contributed by atoms with Crippen molar-refractivity contribution in [3.63, 3.8) is 0 Å². The maximum atomic E-state index is 12.5. The van der Waals surface area contributed by atoms with Crippen LogP contribution >= 0.6 is 0 Å². The Kier molecular flexibility index (Phi) is 7.83. The second-order valence-corrected chi connectivity index (χ2v) is 9.25. The van der Waals surface area contributed by atoms with E-state index in [1.54, 1.807) is 7.11 Å². The average molecular weight is 503 g/mol. The molecular weight excluding hydrogens is 468 g/mol. The molecule has 2 fully saturated rings. The second-order valence-electron chi connectivity index (χ2n) is 9.25. The van der Waals surface area contributed by atoms with Crippen LogP contribution in [0.1, 0.15) is 24.8 Å². The van der Waals surface area contributed by atoms with Gasteiger partial charge in [0.1, 0.15) is 11.8 Å². The van der Waals surface area contributed by atoms with Crippen LogP contribution in [0, 0.1) is 0 Å². The standard InChI is InChI=1S/C27H34N8O2/c1-37-23-13-6-5-12-22(23)34-15-17-35(18-16-34)27-32-25(29-19-20-9-3-2-4-10-20)31-26(33-27)30-21-11-7-8-14-28-24(21)36/h2-6,9-10,12-13,21H,7-8,11,14-19H2,1H3,(H,28,36)(H2,29,30,31,32,33). The van der Waals surface area contributed by atoms with Gasteiger partial charge in [-0.2, -0.15) is 15.0 Å². The van der Waals surface area contributed by atoms with E-state index in [2.05, 4.69) is 48.9 Å². The molecule has 5 rings (SSSR count). The first-order chi connectivity index (χ1) is 18.2. The summed E-state index contributed by atoms with van der Waals surface area (Å²) < 4.78 is 5.56. The summed E-state index contributed by atoms with van der Waals surface area (Å²) in [7, 11) is 1.70. The highest BCUT2D eigenvalue weighted by atomic mass is 16.5. The molecule has 37 heavy (non-hydrogen) atoms. The number of benzene rings is 2. The third-order valence-corrected chi connectivity index (χ3v) is 6.74. The normalized spacial score (nSPS) is 18.1. The first-order valence-corrected chi connectivity index (χ1v) is 12.9. The van der Waals surface area contributed by atoms with Gasteiger partial charge in [0.2, 0.25) is 23.8 Å². The van der Waals surface area contributed by atoms with Crippen LogP contribution in [0.25, 0.3) is 0 Å². The van der Waals surface area contributed by atoms with E-state index >= 15 is 0 Å². The van der Waals surface area contributed by atoms with Gasteiger partial charge in [0.15, 0.2) is 0 Å². The lowest BCUT2D eigenvalue weighted by Gasteiger charge is -2.36. The van der Waals surface area contributed by atoms with Crippen LogP contribution in [-0.4, -0.2) is 66.7 Å². The molecule has 0 spiro atoms. The SMILES string of the molecule is COc1ccccc1N1CCN(c2nc(NCc3ccccc3)nc(NC3CCCCNC3=O)n2)CC1. The summed E-state index contributed by atoms with van der Waals surface area (Å²) >= 11 is 0. The Morgan fingerprint density at radius 3 is 2.46 bits per heavy atom. The number of piperazine rings is 1. The van der Waals surface area contributed by atoms with Gasteiger partial charge in [-0.05, 0) is 37.0 Å². The van der Waals surface area contributed by atoms with E-state index in [1.807, 2.05) is 36.4 Å². The molecule has 3 aromatic rings. The van der Waals surface area contributed by atoms with Crippen molar-refractivity contribution in [3.8, 4) is 5.75 Å². The van der Waals surface area contributed by atoms with Gasteiger partial charge in [0.05, 0.1) is 12.8 Å². The lowest BCUT2D eigenvalue weighted by Crippen LogP contribution is -2.47. The van der Waals surface area contributed by atoms with E-state index in [0.717, 1.165) is 62.4 Å². The number of anilines is 4. The van der Waals surface area contributed by atoms with E-state index in [9.17, 15) is 4.79 Å². The molecule has 2 aliphatic heterocycles. The van der Waals surface area contributed by atoms with E-state index in [0.29, 0.717) is 30.9 Å². The summed E-state index contributed by atoms with van der Waals surface area (Å²) in [6.07, 6.45) is 2.70. The zero-order chi connectivity index (χ0) is 25.5. The molecule has 3 heterocycles. The topological polar surface area (TPSA) is 108 Å². The summed E-state index contributed by atoms with van der Waals surface area (Å²) in [4.78, 5) is 31.1. The van der Waals surface area contributed by atoms with E-state index in [4.69, 9.17) is 14.7 Å². The lowest BCUT2D eigenvalue weighted by molar-refractivity contribution is -0.121. The number of amides is 1. The first-order valence-electron chi connectivity index (χ1n) is 12.9. The number of carbonyl (C=O) groups is 1. The van der Waals surface area contributed by atoms with Gasteiger partial charge >= 0.3 is 0 Å². The van der Waals surface area contributed by atoms with Crippen LogP contribution in [0.15, 0.2) is 54.6 Å². The molecular formula is C27H34N8O2. The van der Waals surface area contributed by atoms with Crippen molar-refractivity contribution in [2.24, 2.45) is 0 Å². The Bertz CT molecular complexity index is 1180. The molecule has 0 saturated carbocycles. The molecule has 1 aromatic heterocycles. The highest BCUT2D eigenvalue weighted by molar-refractivity contribution is 5.84. The van der Waals surface area contributed by atoms with Crippen LogP contribution < -0.4 is 30.5 Å². The van der Waals surface area contributed by atoms with E-state index < -0.39 is 0 Å². The maximum absolute atomic E-state index is 12.5. The van der Waals surface area contributed by atoms with Gasteiger partial charge < -0.3 is 30.5 Å². The summed E-state index contributed by atoms with van der Waals surface area (Å²) in [5, 5.41) is 9.57. The number of rotatable bonds is 8. The number of hydrogen-bond donors (Lipinski definition) is 3. The Hall–Kier alpha value is -4.08. The predicted octanol–water partition coefficient (Wildman–Crippen LogP) is 2.90. The summed E-state index contributed by atoms with van der Waals surface area (Å²) in [6, 6.07) is 17.9. The third kappa shape index (κ3) is 6.19. The Labute approximate surface area is 217 Å². The largest absolute Gasteiger partial charge is 0.495 e. The summed E-state index contributed by atoms with van der Waals surface area (Å²) in [5.74, 6) is 2.36. The van der Waals surface area contributed by atoms with Crippen LogP contribution in [0.3, 0.4) is 0 Å². The smallest absolute Gasteiger partial charge is 0.242 e. The van der Waals surface area contributed by atoms with Gasteiger partial charge in [-0.3, -0.25) is 4.79 Å². The fourth-order valence-electron chi connectivity index (χ4n) is 4.70. The van der Waals surface area contributed by atoms with Crippen molar-refractivity contribution in [1.29, 1.82) is 0 Å². The molecule has 1 atom stereocenters. The first kappa shape index (κ1) is 24.6. The fraction of sp³-hybridized carbons (Fsp3) is 0.407. The van der Waals surface area contributed by atoms with Crippen LogP contribution in [0.2, 0.25) is 0 Å². The third-order valence-electron chi connectivity index (χ3n) is 6.74. The quantitative estimate of drug-likeness (QED) is 0.429. The Morgan fingerprint density at radius 1 is 0.919 bits per heavy atom. The summed E-state index contributed by atoms with van der Waals surface area (Å²) in [5.41, 5.74) is 2.22. The van der Waals surface area contributed by atoms with Crippen LogP contribution in [0.5, 0.6) is 5.75 Å². The van der Waals surface area contributed by atoms with Gasteiger partial charge in [-0.1, -0.05) is 42.5 Å². The maximum Gasteiger partial charge on any atom is 0.242 e. The minimum Gasteiger partial charge on any atom is -0.495 e. The predicted molar refractivity (Wildman–Crippen MR) is 145 cm³/mol. The second kappa shape index (κ2) is 11.8. The number of aromatic nitrogens is 3. The highest BCUT2D eigenvalue weighted by Crippen LogP contribution is 2.29. The molecule has 3 N–H and O–H groups in total. The lowest BCUT2D eigenvalue weighted by atomic mass is 10.1. The average Bonchev–Trinajstić information content (AvgIpc) is 3.16. The van der Waals surface area contributed by atoms with Gasteiger partial charge in [0, 0.05) is 39.3 Å². The number of ether oxygens (including phenoxy) is 1. The van der Waals surface area contributed by atoms with Crippen molar-refractivity contribution in [3.05, 3.63) is 60.2 Å². The molecule has 1 amide bonds. The van der Waals surface area contributed by atoms with Crippen molar-refractivity contribution < 1.29 is 9.53 Å². The van der Waals surface area contributed by atoms with Crippen molar-refractivity contribution >= 4 is 29.4 Å². The molecule has 0 aliphatic carbocycles. The highest BCUT2D eigenvalue weighted by Gasteiger charge is 2.25.